The highest BCUT2D eigenvalue weighted by atomic mass is 32.2. The van der Waals surface area contributed by atoms with Gasteiger partial charge in [0.1, 0.15) is 0 Å². The molecule has 5 nitrogen and oxygen atoms in total. The largest absolute Gasteiger partial charge is 0.338 e. The molecule has 0 radical (unpaired) electrons. The summed E-state index contributed by atoms with van der Waals surface area (Å²) in [5, 5.41) is 3.34. The molecule has 3 rings (SSSR count). The zero-order valence-electron chi connectivity index (χ0n) is 12.3. The number of carbonyl (C=O) groups is 1. The van der Waals surface area contributed by atoms with Crippen LogP contribution >= 0.6 is 0 Å². The number of amides is 1. The Morgan fingerprint density at radius 1 is 1.24 bits per heavy atom. The molecule has 0 spiro atoms. The smallest absolute Gasteiger partial charge is 0.253 e. The third kappa shape index (κ3) is 2.70. The number of fused-ring (bicyclic) bond motifs is 1. The maximum Gasteiger partial charge on any atom is 0.253 e. The van der Waals surface area contributed by atoms with Crippen LogP contribution < -0.4 is 5.32 Å². The van der Waals surface area contributed by atoms with Crippen LogP contribution in [0.1, 0.15) is 15.9 Å². The van der Waals surface area contributed by atoms with E-state index in [0.717, 1.165) is 26.2 Å². The van der Waals surface area contributed by atoms with Crippen LogP contribution in [0.5, 0.6) is 0 Å². The summed E-state index contributed by atoms with van der Waals surface area (Å²) in [7, 11) is -3.31. The number of hydrogen-bond donors (Lipinski definition) is 1. The van der Waals surface area contributed by atoms with E-state index in [1.54, 1.807) is 19.1 Å². The molecule has 114 valence electrons. The molecule has 1 aromatic carbocycles. The van der Waals surface area contributed by atoms with Crippen LogP contribution in [-0.4, -0.2) is 51.7 Å². The molecule has 1 amide bonds. The van der Waals surface area contributed by atoms with E-state index in [1.165, 1.54) is 12.3 Å². The third-order valence-electron chi connectivity index (χ3n) is 4.51. The van der Waals surface area contributed by atoms with E-state index < -0.39 is 9.84 Å². The lowest BCUT2D eigenvalue weighted by atomic mass is 10.0. The van der Waals surface area contributed by atoms with Crippen molar-refractivity contribution in [3.63, 3.8) is 0 Å². The van der Waals surface area contributed by atoms with E-state index in [0.29, 0.717) is 23.0 Å². The van der Waals surface area contributed by atoms with E-state index in [4.69, 9.17) is 0 Å². The Hall–Kier alpha value is -1.40. The molecule has 0 aliphatic carbocycles. The number of benzene rings is 1. The third-order valence-corrected chi connectivity index (χ3v) is 5.75. The number of hydrogen-bond acceptors (Lipinski definition) is 4. The molecule has 0 bridgehead atoms. The average Bonchev–Trinajstić information content (AvgIpc) is 2.97. The Morgan fingerprint density at radius 3 is 2.43 bits per heavy atom. The first-order chi connectivity index (χ1) is 9.86. The molecule has 2 aliphatic rings. The van der Waals surface area contributed by atoms with Crippen LogP contribution in [0, 0.1) is 18.8 Å². The van der Waals surface area contributed by atoms with Crippen molar-refractivity contribution in [2.75, 3.05) is 32.4 Å². The zero-order chi connectivity index (χ0) is 15.2. The van der Waals surface area contributed by atoms with Gasteiger partial charge in [0, 0.05) is 38.0 Å². The monoisotopic (exact) mass is 308 g/mol. The fourth-order valence-corrected chi connectivity index (χ4v) is 4.33. The molecule has 2 fully saturated rings. The molecule has 1 aromatic rings. The normalized spacial score (nSPS) is 25.1. The number of carbonyl (C=O) groups excluding carboxylic acids is 1. The van der Waals surface area contributed by atoms with Crippen LogP contribution in [0.2, 0.25) is 0 Å². The lowest BCUT2D eigenvalue weighted by molar-refractivity contribution is 0.0781. The number of aryl methyl sites for hydroxylation is 1. The predicted octanol–water partition coefficient (Wildman–Crippen LogP) is 0.690. The topological polar surface area (TPSA) is 66.5 Å². The van der Waals surface area contributed by atoms with Gasteiger partial charge in [-0.2, -0.15) is 0 Å². The summed E-state index contributed by atoms with van der Waals surface area (Å²) >= 11 is 0. The van der Waals surface area contributed by atoms with Gasteiger partial charge in [0.15, 0.2) is 9.84 Å². The van der Waals surface area contributed by atoms with Crippen LogP contribution in [-0.2, 0) is 9.84 Å². The minimum absolute atomic E-state index is 0.0608. The summed E-state index contributed by atoms with van der Waals surface area (Å²) in [6.45, 7) is 5.21. The molecule has 2 aliphatic heterocycles. The van der Waals surface area contributed by atoms with Gasteiger partial charge < -0.3 is 10.2 Å². The fourth-order valence-electron chi connectivity index (χ4n) is 3.34. The highest BCUT2D eigenvalue weighted by Gasteiger charge is 2.38. The number of sulfone groups is 1. The van der Waals surface area contributed by atoms with E-state index in [1.807, 2.05) is 4.90 Å². The Balaban J connectivity index is 1.86. The van der Waals surface area contributed by atoms with Crippen LogP contribution in [0.25, 0.3) is 0 Å². The van der Waals surface area contributed by atoms with Crippen LogP contribution in [0.4, 0.5) is 0 Å². The second-order valence-electron chi connectivity index (χ2n) is 6.14. The average molecular weight is 308 g/mol. The lowest BCUT2D eigenvalue weighted by Gasteiger charge is -2.18. The Bertz CT molecular complexity index is 672. The minimum atomic E-state index is -3.31. The Morgan fingerprint density at radius 2 is 1.86 bits per heavy atom. The first-order valence-corrected chi connectivity index (χ1v) is 9.06. The van der Waals surface area contributed by atoms with Gasteiger partial charge in [-0.15, -0.1) is 0 Å². The molecule has 2 atom stereocenters. The standard InChI is InChI=1S/C15H20N2O3S/c1-10-3-4-11(5-14(10)21(2,19)20)15(18)17-8-12-6-16-7-13(12)9-17/h3-5,12-13,16H,6-9H2,1-2H3/t12-,13+. The number of likely N-dealkylation sites (tertiary alicyclic amines) is 1. The summed E-state index contributed by atoms with van der Waals surface area (Å²) in [5.74, 6) is 1.01. The quantitative estimate of drug-likeness (QED) is 0.873. The summed E-state index contributed by atoms with van der Waals surface area (Å²) in [5.41, 5.74) is 1.14. The van der Waals surface area contributed by atoms with E-state index in [-0.39, 0.29) is 10.8 Å². The van der Waals surface area contributed by atoms with Crippen LogP contribution in [0.15, 0.2) is 23.1 Å². The molecular formula is C15H20N2O3S. The molecule has 0 saturated carbocycles. The zero-order valence-corrected chi connectivity index (χ0v) is 13.1. The van der Waals surface area contributed by atoms with Gasteiger partial charge in [0.05, 0.1) is 4.90 Å². The lowest BCUT2D eigenvalue weighted by Crippen LogP contribution is -2.32. The molecule has 1 N–H and O–H groups in total. The van der Waals surface area contributed by atoms with Crippen molar-refractivity contribution in [3.8, 4) is 0 Å². The Kier molecular flexibility index (Phi) is 3.53. The van der Waals surface area contributed by atoms with Gasteiger partial charge in [0.25, 0.3) is 5.91 Å². The fraction of sp³-hybridized carbons (Fsp3) is 0.533. The highest BCUT2D eigenvalue weighted by Crippen LogP contribution is 2.28. The van der Waals surface area contributed by atoms with Gasteiger partial charge in [0.2, 0.25) is 0 Å². The number of nitrogens with one attached hydrogen (secondary N) is 1. The first-order valence-electron chi connectivity index (χ1n) is 7.17. The number of nitrogens with zero attached hydrogens (tertiary/aromatic N) is 1. The van der Waals surface area contributed by atoms with E-state index in [2.05, 4.69) is 5.32 Å². The van der Waals surface area contributed by atoms with Gasteiger partial charge in [-0.25, -0.2) is 8.42 Å². The van der Waals surface area contributed by atoms with Crippen molar-refractivity contribution >= 4 is 15.7 Å². The maximum atomic E-state index is 12.6. The van der Waals surface area contributed by atoms with Crippen molar-refractivity contribution in [3.05, 3.63) is 29.3 Å². The first kappa shape index (κ1) is 14.5. The molecule has 2 saturated heterocycles. The van der Waals surface area contributed by atoms with Gasteiger partial charge >= 0.3 is 0 Å². The van der Waals surface area contributed by atoms with Gasteiger partial charge in [-0.3, -0.25) is 4.79 Å². The maximum absolute atomic E-state index is 12.6. The summed E-state index contributed by atoms with van der Waals surface area (Å²) in [6.07, 6.45) is 1.18. The van der Waals surface area contributed by atoms with Crippen LogP contribution in [0.3, 0.4) is 0 Å². The summed E-state index contributed by atoms with van der Waals surface area (Å²) in [6, 6.07) is 4.94. The van der Waals surface area contributed by atoms with Crippen molar-refractivity contribution < 1.29 is 13.2 Å². The number of rotatable bonds is 2. The van der Waals surface area contributed by atoms with Gasteiger partial charge in [-0.05, 0) is 36.5 Å². The van der Waals surface area contributed by atoms with Crippen molar-refractivity contribution in [2.45, 2.75) is 11.8 Å². The Labute approximate surface area is 125 Å². The highest BCUT2D eigenvalue weighted by molar-refractivity contribution is 7.90. The van der Waals surface area contributed by atoms with Crippen molar-refractivity contribution in [1.29, 1.82) is 0 Å². The van der Waals surface area contributed by atoms with E-state index in [9.17, 15) is 13.2 Å². The second kappa shape index (κ2) is 5.10. The molecule has 0 aromatic heterocycles. The summed E-state index contributed by atoms with van der Waals surface area (Å²) < 4.78 is 23.6. The molecule has 2 heterocycles. The SMILES string of the molecule is Cc1ccc(C(=O)N2C[C@H]3CNC[C@H]3C2)cc1S(C)(=O)=O. The van der Waals surface area contributed by atoms with Crippen molar-refractivity contribution in [2.24, 2.45) is 11.8 Å². The molecular weight excluding hydrogens is 288 g/mol. The molecule has 0 unspecified atom stereocenters. The minimum Gasteiger partial charge on any atom is -0.338 e. The molecule has 6 heteroatoms. The summed E-state index contributed by atoms with van der Waals surface area (Å²) in [4.78, 5) is 14.7. The van der Waals surface area contributed by atoms with E-state index >= 15 is 0 Å². The van der Waals surface area contributed by atoms with Gasteiger partial charge in [-0.1, -0.05) is 6.07 Å². The second-order valence-corrected chi connectivity index (χ2v) is 8.13. The van der Waals surface area contributed by atoms with Crippen molar-refractivity contribution in [1.82, 2.24) is 10.2 Å². The molecule has 21 heavy (non-hydrogen) atoms. The predicted molar refractivity (Wildman–Crippen MR) is 80.0 cm³/mol.